The number of rotatable bonds is 0. The molecule has 0 aromatic heterocycles. The van der Waals surface area contributed by atoms with Crippen LogP contribution in [0.15, 0.2) is 12.2 Å². The summed E-state index contributed by atoms with van der Waals surface area (Å²) in [6.45, 7) is 0. The van der Waals surface area contributed by atoms with E-state index in [1.165, 1.54) is 19.3 Å². The summed E-state index contributed by atoms with van der Waals surface area (Å²) in [6, 6.07) is 0. The molecule has 76 valence electrons. The predicted octanol–water partition coefficient (Wildman–Crippen LogP) is 2.22. The molecule has 0 saturated heterocycles. The molecule has 4 aliphatic carbocycles. The minimum Gasteiger partial charge on any atom is -0.393 e. The van der Waals surface area contributed by atoms with Crippen molar-refractivity contribution < 1.29 is 5.11 Å². The molecule has 4 rings (SSSR count). The first-order valence-corrected chi connectivity index (χ1v) is 6.21. The Labute approximate surface area is 85.2 Å². The maximum atomic E-state index is 10.0. The van der Waals surface area contributed by atoms with E-state index < -0.39 is 0 Å². The van der Waals surface area contributed by atoms with E-state index in [4.69, 9.17) is 0 Å². The first-order chi connectivity index (χ1) is 6.86. The molecule has 1 heteroatoms. The van der Waals surface area contributed by atoms with Crippen LogP contribution in [0.3, 0.4) is 0 Å². The van der Waals surface area contributed by atoms with Crippen LogP contribution >= 0.6 is 0 Å². The molecule has 0 aliphatic heterocycles. The average molecular weight is 190 g/mol. The number of hydrogen-bond donors (Lipinski definition) is 1. The van der Waals surface area contributed by atoms with E-state index >= 15 is 0 Å². The SMILES string of the molecule is OC1CC[C@H]2[C@H]3C[C@H]([C@H]4C=CC[C@H]43)[C@@H]12. The maximum absolute atomic E-state index is 10.0. The second-order valence-corrected chi connectivity index (χ2v) is 5.85. The molecule has 4 aliphatic rings. The summed E-state index contributed by atoms with van der Waals surface area (Å²) in [4.78, 5) is 0. The number of fused-ring (bicyclic) bond motifs is 8. The van der Waals surface area contributed by atoms with Gasteiger partial charge in [-0.1, -0.05) is 12.2 Å². The fourth-order valence-corrected chi connectivity index (χ4v) is 5.30. The van der Waals surface area contributed by atoms with Gasteiger partial charge in [0.05, 0.1) is 6.10 Å². The van der Waals surface area contributed by atoms with E-state index in [-0.39, 0.29) is 6.10 Å². The minimum atomic E-state index is 0.0462. The molecular formula is C13H18O. The van der Waals surface area contributed by atoms with Crippen LogP contribution in [0.1, 0.15) is 25.7 Å². The number of aliphatic hydroxyl groups excluding tert-OH is 1. The molecule has 1 nitrogen and oxygen atoms in total. The lowest BCUT2D eigenvalue weighted by Crippen LogP contribution is -2.33. The molecule has 7 atom stereocenters. The largest absolute Gasteiger partial charge is 0.393 e. The highest BCUT2D eigenvalue weighted by molar-refractivity contribution is 5.18. The smallest absolute Gasteiger partial charge is 0.0574 e. The lowest BCUT2D eigenvalue weighted by atomic mass is 9.70. The zero-order valence-corrected chi connectivity index (χ0v) is 8.47. The van der Waals surface area contributed by atoms with Crippen molar-refractivity contribution >= 4 is 0 Å². The van der Waals surface area contributed by atoms with Crippen molar-refractivity contribution in [3.63, 3.8) is 0 Å². The third-order valence-corrected chi connectivity index (χ3v) is 5.63. The van der Waals surface area contributed by atoms with Crippen molar-refractivity contribution in [2.75, 3.05) is 0 Å². The van der Waals surface area contributed by atoms with Crippen LogP contribution in [0.25, 0.3) is 0 Å². The van der Waals surface area contributed by atoms with Gasteiger partial charge in [0.25, 0.3) is 0 Å². The van der Waals surface area contributed by atoms with Gasteiger partial charge in [-0.3, -0.25) is 0 Å². The van der Waals surface area contributed by atoms with Crippen LogP contribution in [0, 0.1) is 35.5 Å². The van der Waals surface area contributed by atoms with Gasteiger partial charge in [0, 0.05) is 0 Å². The van der Waals surface area contributed by atoms with Gasteiger partial charge in [-0.05, 0) is 61.2 Å². The lowest BCUT2D eigenvalue weighted by molar-refractivity contribution is 0.0569. The van der Waals surface area contributed by atoms with E-state index in [2.05, 4.69) is 12.2 Å². The van der Waals surface area contributed by atoms with Crippen LogP contribution in [0.4, 0.5) is 0 Å². The highest BCUT2D eigenvalue weighted by Gasteiger charge is 2.60. The predicted molar refractivity (Wildman–Crippen MR) is 54.6 cm³/mol. The topological polar surface area (TPSA) is 20.2 Å². The van der Waals surface area contributed by atoms with E-state index in [0.29, 0.717) is 5.92 Å². The molecule has 3 saturated carbocycles. The summed E-state index contributed by atoms with van der Waals surface area (Å²) in [7, 11) is 0. The van der Waals surface area contributed by atoms with Crippen LogP contribution in [-0.2, 0) is 0 Å². The zero-order valence-electron chi connectivity index (χ0n) is 8.47. The van der Waals surface area contributed by atoms with Gasteiger partial charge in [-0.2, -0.15) is 0 Å². The molecule has 2 bridgehead atoms. The van der Waals surface area contributed by atoms with E-state index in [9.17, 15) is 5.11 Å². The third-order valence-electron chi connectivity index (χ3n) is 5.63. The molecule has 0 heterocycles. The van der Waals surface area contributed by atoms with E-state index in [1.807, 2.05) is 0 Å². The third kappa shape index (κ3) is 0.735. The van der Waals surface area contributed by atoms with E-state index in [1.54, 1.807) is 0 Å². The Kier molecular flexibility index (Phi) is 1.38. The normalized spacial score (nSPS) is 63.4. The summed E-state index contributed by atoms with van der Waals surface area (Å²) in [6.07, 6.45) is 10.1. The number of aliphatic hydroxyl groups is 1. The van der Waals surface area contributed by atoms with Crippen molar-refractivity contribution in [3.05, 3.63) is 12.2 Å². The minimum absolute atomic E-state index is 0.0462. The molecule has 0 aromatic carbocycles. The molecule has 1 unspecified atom stereocenters. The summed E-state index contributed by atoms with van der Waals surface area (Å²) in [5.74, 6) is 5.24. The van der Waals surface area contributed by atoms with Crippen LogP contribution in [-0.4, -0.2) is 11.2 Å². The highest BCUT2D eigenvalue weighted by atomic mass is 16.3. The summed E-state index contributed by atoms with van der Waals surface area (Å²) in [5, 5.41) is 10.0. The maximum Gasteiger partial charge on any atom is 0.0574 e. The van der Waals surface area contributed by atoms with Gasteiger partial charge in [0.2, 0.25) is 0 Å². The van der Waals surface area contributed by atoms with Crippen molar-refractivity contribution in [3.8, 4) is 0 Å². The molecule has 0 amide bonds. The second-order valence-electron chi connectivity index (χ2n) is 5.85. The van der Waals surface area contributed by atoms with Crippen molar-refractivity contribution in [2.24, 2.45) is 35.5 Å². The highest BCUT2D eigenvalue weighted by Crippen LogP contribution is 2.65. The summed E-state index contributed by atoms with van der Waals surface area (Å²) < 4.78 is 0. The molecular weight excluding hydrogens is 172 g/mol. The van der Waals surface area contributed by atoms with Crippen LogP contribution < -0.4 is 0 Å². The fraction of sp³-hybridized carbons (Fsp3) is 0.846. The Morgan fingerprint density at radius 1 is 1.00 bits per heavy atom. The molecule has 0 spiro atoms. The Balaban J connectivity index is 1.74. The van der Waals surface area contributed by atoms with Crippen molar-refractivity contribution in [2.45, 2.75) is 31.8 Å². The van der Waals surface area contributed by atoms with Crippen LogP contribution in [0.2, 0.25) is 0 Å². The lowest BCUT2D eigenvalue weighted by Gasteiger charge is -2.35. The fourth-order valence-electron chi connectivity index (χ4n) is 5.30. The molecule has 3 fully saturated rings. The number of allylic oxidation sites excluding steroid dienone is 2. The van der Waals surface area contributed by atoms with Gasteiger partial charge in [-0.15, -0.1) is 0 Å². The van der Waals surface area contributed by atoms with Gasteiger partial charge in [0.1, 0.15) is 0 Å². The van der Waals surface area contributed by atoms with Crippen molar-refractivity contribution in [1.82, 2.24) is 0 Å². The Morgan fingerprint density at radius 2 is 1.93 bits per heavy atom. The summed E-state index contributed by atoms with van der Waals surface area (Å²) in [5.41, 5.74) is 0. The molecule has 0 radical (unpaired) electrons. The quantitative estimate of drug-likeness (QED) is 0.581. The average Bonchev–Trinajstić information content (AvgIpc) is 2.82. The zero-order chi connectivity index (χ0) is 9.28. The van der Waals surface area contributed by atoms with Gasteiger partial charge in [-0.25, -0.2) is 0 Å². The first-order valence-electron chi connectivity index (χ1n) is 6.21. The molecule has 1 N–H and O–H groups in total. The molecule has 14 heavy (non-hydrogen) atoms. The summed E-state index contributed by atoms with van der Waals surface area (Å²) >= 11 is 0. The number of hydrogen-bond acceptors (Lipinski definition) is 1. The Bertz CT molecular complexity index is 296. The van der Waals surface area contributed by atoms with Crippen molar-refractivity contribution in [1.29, 1.82) is 0 Å². The van der Waals surface area contributed by atoms with E-state index in [0.717, 1.165) is 36.0 Å². The molecule has 0 aromatic rings. The van der Waals surface area contributed by atoms with Crippen LogP contribution in [0.5, 0.6) is 0 Å². The van der Waals surface area contributed by atoms with Gasteiger partial charge in [0.15, 0.2) is 0 Å². The Hall–Kier alpha value is -0.300. The second kappa shape index (κ2) is 2.44. The van der Waals surface area contributed by atoms with Gasteiger partial charge >= 0.3 is 0 Å². The van der Waals surface area contributed by atoms with Gasteiger partial charge < -0.3 is 5.11 Å². The standard InChI is InChI=1S/C13H18O/c14-12-5-4-9-10-6-11(13(9)12)8-3-1-2-7(8)10/h1,3,7-14H,2,4-6H2/t7-,8+,9+,10+,11-,12?,13+/m1/s1. The monoisotopic (exact) mass is 190 g/mol. The Morgan fingerprint density at radius 3 is 2.86 bits per heavy atom. The first kappa shape index (κ1) is 7.92.